The Kier molecular flexibility index (Phi) is 4.67. The van der Waals surface area contributed by atoms with Crippen molar-refractivity contribution in [3.8, 4) is 0 Å². The van der Waals surface area contributed by atoms with Gasteiger partial charge in [0.1, 0.15) is 20.8 Å². The molecule has 0 fully saturated rings. The molecule has 0 radical (unpaired) electrons. The Morgan fingerprint density at radius 2 is 2.00 bits per heavy atom. The lowest BCUT2D eigenvalue weighted by atomic mass is 10.2. The molecule has 3 N–H and O–H groups in total. The maximum Gasteiger partial charge on any atom is 0.250 e. The summed E-state index contributed by atoms with van der Waals surface area (Å²) >= 11 is 5.68. The molecule has 0 amide bonds. The minimum atomic E-state index is -3.81. The van der Waals surface area contributed by atoms with Crippen LogP contribution in [0, 0.1) is 11.6 Å². The number of nitrogens with one attached hydrogen (secondary N) is 1. The second-order valence-corrected chi connectivity index (χ2v) is 7.56. The number of benzene rings is 1. The van der Waals surface area contributed by atoms with Gasteiger partial charge in [0.15, 0.2) is 0 Å². The first-order valence-electron chi connectivity index (χ1n) is 5.63. The quantitative estimate of drug-likeness (QED) is 0.812. The molecule has 0 spiro atoms. The number of sulfonamides is 1. The highest BCUT2D eigenvalue weighted by Crippen LogP contribution is 2.21. The van der Waals surface area contributed by atoms with E-state index < -0.39 is 21.7 Å². The number of nitrogens with two attached hydrogens (primary N) is 1. The van der Waals surface area contributed by atoms with E-state index in [1.54, 1.807) is 0 Å². The molecule has 0 saturated heterocycles. The van der Waals surface area contributed by atoms with Crippen molar-refractivity contribution < 1.29 is 17.2 Å². The summed E-state index contributed by atoms with van der Waals surface area (Å²) in [5, 5.41) is 0. The highest BCUT2D eigenvalue weighted by Gasteiger charge is 2.18. The first-order valence-corrected chi connectivity index (χ1v) is 8.33. The van der Waals surface area contributed by atoms with Crippen LogP contribution in [0.1, 0.15) is 10.4 Å². The van der Waals surface area contributed by atoms with Crippen LogP contribution in [0.3, 0.4) is 0 Å². The molecule has 0 atom stereocenters. The van der Waals surface area contributed by atoms with Crippen molar-refractivity contribution >= 4 is 38.6 Å². The number of hydrogen-bond donors (Lipinski definition) is 2. The average Bonchev–Trinajstić information content (AvgIpc) is 2.88. The van der Waals surface area contributed by atoms with E-state index in [1.165, 1.54) is 18.2 Å². The second kappa shape index (κ2) is 6.14. The molecular weight excluding hydrogens is 338 g/mol. The van der Waals surface area contributed by atoms with Crippen LogP contribution in [0.25, 0.3) is 0 Å². The third kappa shape index (κ3) is 3.82. The summed E-state index contributed by atoms with van der Waals surface area (Å²) in [5.74, 6) is -1.54. The number of thiophene rings is 1. The van der Waals surface area contributed by atoms with Crippen molar-refractivity contribution in [2.45, 2.75) is 10.8 Å². The third-order valence-electron chi connectivity index (χ3n) is 2.56. The van der Waals surface area contributed by atoms with Crippen molar-refractivity contribution in [1.82, 2.24) is 4.72 Å². The molecule has 0 saturated carbocycles. The van der Waals surface area contributed by atoms with E-state index in [0.717, 1.165) is 17.4 Å². The van der Waals surface area contributed by atoms with E-state index >= 15 is 0 Å². The zero-order chi connectivity index (χ0) is 15.6. The van der Waals surface area contributed by atoms with Gasteiger partial charge >= 0.3 is 0 Å². The topological polar surface area (TPSA) is 72.2 Å². The molecule has 112 valence electrons. The van der Waals surface area contributed by atoms with Gasteiger partial charge in [0.05, 0.1) is 4.88 Å². The van der Waals surface area contributed by atoms with E-state index in [2.05, 4.69) is 4.72 Å². The zero-order valence-corrected chi connectivity index (χ0v) is 12.9. The lowest BCUT2D eigenvalue weighted by molar-refractivity contribution is 0.563. The maximum atomic E-state index is 13.4. The van der Waals surface area contributed by atoms with E-state index in [9.17, 15) is 17.2 Å². The van der Waals surface area contributed by atoms with Crippen LogP contribution in [0.15, 0.2) is 34.5 Å². The Morgan fingerprint density at radius 3 is 2.57 bits per heavy atom. The van der Waals surface area contributed by atoms with Gasteiger partial charge in [-0.05, 0) is 18.2 Å². The monoisotopic (exact) mass is 348 g/mol. The summed E-state index contributed by atoms with van der Waals surface area (Å²) in [6, 6.07) is 5.80. The summed E-state index contributed by atoms with van der Waals surface area (Å²) in [4.78, 5) is 0.573. The summed E-state index contributed by atoms with van der Waals surface area (Å²) < 4.78 is 52.5. The van der Waals surface area contributed by atoms with Crippen LogP contribution in [0.4, 0.5) is 8.78 Å². The fourth-order valence-electron chi connectivity index (χ4n) is 1.51. The van der Waals surface area contributed by atoms with Gasteiger partial charge in [-0.1, -0.05) is 18.3 Å². The normalized spacial score (nSPS) is 11.5. The number of thiocarbonyl (C=S) groups is 1. The summed E-state index contributed by atoms with van der Waals surface area (Å²) in [5.41, 5.74) is 5.46. The van der Waals surface area contributed by atoms with E-state index in [4.69, 9.17) is 18.0 Å². The number of rotatable bonds is 5. The highest BCUT2D eigenvalue weighted by atomic mass is 32.2. The van der Waals surface area contributed by atoms with Crippen molar-refractivity contribution in [2.24, 2.45) is 5.73 Å². The Balaban J connectivity index is 2.15. The third-order valence-corrected chi connectivity index (χ3v) is 5.92. The predicted molar refractivity (Wildman–Crippen MR) is 80.6 cm³/mol. The maximum absolute atomic E-state index is 13.4. The largest absolute Gasteiger partial charge is 0.389 e. The van der Waals surface area contributed by atoms with Crippen LogP contribution < -0.4 is 10.5 Å². The Morgan fingerprint density at radius 1 is 1.29 bits per heavy atom. The Hall–Kier alpha value is -1.42. The van der Waals surface area contributed by atoms with Gasteiger partial charge in [0, 0.05) is 18.2 Å². The van der Waals surface area contributed by atoms with Crippen molar-refractivity contribution in [1.29, 1.82) is 0 Å². The SMILES string of the molecule is NC(=S)c1ccc(S(=O)(=O)NCc2ccc(F)cc2F)s1. The van der Waals surface area contributed by atoms with Crippen LogP contribution >= 0.6 is 23.6 Å². The molecule has 1 aromatic heterocycles. The fourth-order valence-corrected chi connectivity index (χ4v) is 3.91. The molecule has 0 aliphatic carbocycles. The smallest absolute Gasteiger partial charge is 0.250 e. The standard InChI is InChI=1S/C12H10F2N2O2S3/c13-8-2-1-7(9(14)5-8)6-16-21(17,18)11-4-3-10(20-11)12(15)19/h1-5,16H,6H2,(H2,15,19). The molecule has 9 heteroatoms. The van der Waals surface area contributed by atoms with Crippen molar-refractivity contribution in [3.05, 3.63) is 52.4 Å². The van der Waals surface area contributed by atoms with Gasteiger partial charge < -0.3 is 5.73 Å². The lowest BCUT2D eigenvalue weighted by Gasteiger charge is -2.06. The number of hydrogen-bond acceptors (Lipinski definition) is 4. The van der Waals surface area contributed by atoms with E-state index in [0.29, 0.717) is 10.9 Å². The average molecular weight is 348 g/mol. The molecule has 1 heterocycles. The van der Waals surface area contributed by atoms with Gasteiger partial charge in [0.25, 0.3) is 0 Å². The highest BCUT2D eigenvalue weighted by molar-refractivity contribution is 7.91. The van der Waals surface area contributed by atoms with Crippen molar-refractivity contribution in [3.63, 3.8) is 0 Å². The van der Waals surface area contributed by atoms with Gasteiger partial charge in [0.2, 0.25) is 10.0 Å². The van der Waals surface area contributed by atoms with E-state index in [-0.39, 0.29) is 21.3 Å². The van der Waals surface area contributed by atoms with Crippen LogP contribution in [0.5, 0.6) is 0 Å². The summed E-state index contributed by atoms with van der Waals surface area (Å²) in [7, 11) is -3.81. The predicted octanol–water partition coefficient (Wildman–Crippen LogP) is 2.14. The summed E-state index contributed by atoms with van der Waals surface area (Å²) in [6.45, 7) is -0.283. The van der Waals surface area contributed by atoms with Gasteiger partial charge in [-0.2, -0.15) is 0 Å². The van der Waals surface area contributed by atoms with Gasteiger partial charge in [-0.15, -0.1) is 11.3 Å². The molecule has 4 nitrogen and oxygen atoms in total. The van der Waals surface area contributed by atoms with Crippen LogP contribution in [0.2, 0.25) is 0 Å². The fraction of sp³-hybridized carbons (Fsp3) is 0.0833. The van der Waals surface area contributed by atoms with Crippen LogP contribution in [-0.2, 0) is 16.6 Å². The molecule has 21 heavy (non-hydrogen) atoms. The minimum absolute atomic E-state index is 0.0211. The first kappa shape index (κ1) is 16.0. The molecule has 2 aromatic rings. The summed E-state index contributed by atoms with van der Waals surface area (Å²) in [6.07, 6.45) is 0. The van der Waals surface area contributed by atoms with Crippen molar-refractivity contribution in [2.75, 3.05) is 0 Å². The molecule has 0 aliphatic heterocycles. The molecule has 0 unspecified atom stereocenters. The number of halogens is 2. The molecule has 0 aliphatic rings. The minimum Gasteiger partial charge on any atom is -0.389 e. The second-order valence-electron chi connectivity index (χ2n) is 4.04. The van der Waals surface area contributed by atoms with E-state index in [1.807, 2.05) is 0 Å². The van der Waals surface area contributed by atoms with Crippen LogP contribution in [-0.4, -0.2) is 13.4 Å². The molecule has 0 bridgehead atoms. The van der Waals surface area contributed by atoms with Gasteiger partial charge in [-0.25, -0.2) is 21.9 Å². The Bertz CT molecular complexity index is 788. The zero-order valence-electron chi connectivity index (χ0n) is 10.5. The lowest BCUT2D eigenvalue weighted by Crippen LogP contribution is -2.23. The Labute approximate surface area is 129 Å². The van der Waals surface area contributed by atoms with Gasteiger partial charge in [-0.3, -0.25) is 0 Å². The molecule has 1 aromatic carbocycles. The first-order chi connectivity index (χ1) is 9.79. The molecule has 2 rings (SSSR count). The molecular formula is C12H10F2N2O2S3.